The maximum atomic E-state index is 7.37. The lowest BCUT2D eigenvalue weighted by molar-refractivity contribution is 0.398. The van der Waals surface area contributed by atoms with Crippen molar-refractivity contribution in [1.29, 1.82) is 0 Å². The molecule has 682 valence electrons. The maximum Gasteiger partial charge on any atom is 0.143 e. The van der Waals surface area contributed by atoms with Gasteiger partial charge in [0.15, 0.2) is 0 Å². The standard InChI is InChI=1S/C137H122O2/c1-15-17-19-21-23-37-67-137(68-38-24-22-20-18-16-2)121-79-113-119(135(11,12)123-75-109(91-39-25-27-43-97(91)127(113)123)101-65-63-99(129-103-45-31-35-49-125(103)138-131(101)129)107-71-81(3)105(69-83(107)5)87-55-51-85(52-56-87)89-59-61-95-93-41-29-33-47-115(93)133(7,8)117(95)73-89)77-111(121)112-78-120-114(80-122(112)137)128-98-44-28-26-40-92(98)110(76-124(128)136(120,13)14)102-66-64-100(130-104-46-32-36-50-126(104)139-132(102)130)108-72-82(4)106(70-84(108)6)88-57-53-86(54-58-88)90-60-62-96-94-42-30-34-48-116(94)134(9,10)118(96)74-90/h25-36,39-66,69-80H,15-24,37-38,67-68H2,1-14H3. The van der Waals surface area contributed by atoms with E-state index in [0.29, 0.717) is 0 Å². The van der Waals surface area contributed by atoms with E-state index < -0.39 is 0 Å². The van der Waals surface area contributed by atoms with Gasteiger partial charge in [0.05, 0.1) is 0 Å². The Kier molecular flexibility index (Phi) is 20.3. The zero-order chi connectivity index (χ0) is 94.6. The molecule has 5 aliphatic rings. The fraction of sp³-hybridized carbons (Fsp3) is 0.241. The maximum absolute atomic E-state index is 7.37. The molecule has 0 saturated heterocycles. The Balaban J connectivity index is 0.586. The van der Waals surface area contributed by atoms with Crippen LogP contribution >= 0.6 is 0 Å². The molecule has 2 heterocycles. The van der Waals surface area contributed by atoms with Gasteiger partial charge in [-0.3, -0.25) is 0 Å². The summed E-state index contributed by atoms with van der Waals surface area (Å²) in [7, 11) is 0. The van der Waals surface area contributed by atoms with Gasteiger partial charge in [-0.1, -0.05) is 389 Å². The van der Waals surface area contributed by atoms with Crippen LogP contribution in [-0.2, 0) is 27.1 Å². The Morgan fingerprint density at radius 1 is 0.194 bits per heavy atom. The molecule has 5 aliphatic carbocycles. The van der Waals surface area contributed by atoms with Crippen molar-refractivity contribution < 1.29 is 8.83 Å². The summed E-state index contributed by atoms with van der Waals surface area (Å²) < 4.78 is 14.7. The van der Waals surface area contributed by atoms with Crippen molar-refractivity contribution in [3.8, 4) is 145 Å². The van der Waals surface area contributed by atoms with Gasteiger partial charge in [-0.15, -0.1) is 0 Å². The van der Waals surface area contributed by atoms with E-state index in [1.807, 2.05) is 0 Å². The van der Waals surface area contributed by atoms with Gasteiger partial charge in [-0.05, 0) is 346 Å². The summed E-state index contributed by atoms with van der Waals surface area (Å²) in [5, 5.41) is 9.70. The molecular formula is C137H122O2. The molecule has 0 unspecified atom stereocenters. The Hall–Kier alpha value is -13.9. The number of furan rings is 2. The molecule has 2 nitrogen and oxygen atoms in total. The average Bonchev–Trinajstić information content (AvgIpc) is 1.51. The predicted octanol–water partition coefficient (Wildman–Crippen LogP) is 39.4. The van der Waals surface area contributed by atoms with Crippen molar-refractivity contribution in [2.24, 2.45) is 0 Å². The monoisotopic (exact) mass is 1800 g/mol. The van der Waals surface area contributed by atoms with E-state index in [2.05, 4.69) is 412 Å². The number of aryl methyl sites for hydroxylation is 4. The van der Waals surface area contributed by atoms with Crippen molar-refractivity contribution in [3.63, 3.8) is 0 Å². The van der Waals surface area contributed by atoms with Gasteiger partial charge in [0.1, 0.15) is 22.3 Å². The summed E-state index contributed by atoms with van der Waals surface area (Å²) in [5.74, 6) is 0. The lowest BCUT2D eigenvalue weighted by atomic mass is 9.69. The first kappa shape index (κ1) is 86.6. The highest BCUT2D eigenvalue weighted by Gasteiger charge is 2.50. The molecule has 0 saturated carbocycles. The summed E-state index contributed by atoms with van der Waals surface area (Å²) in [4.78, 5) is 0. The second kappa shape index (κ2) is 32.6. The number of rotatable bonds is 22. The van der Waals surface area contributed by atoms with Crippen molar-refractivity contribution >= 4 is 65.4 Å². The van der Waals surface area contributed by atoms with Crippen molar-refractivity contribution in [3.05, 3.63) is 393 Å². The number of hydrogen-bond donors (Lipinski definition) is 0. The molecular weight excluding hydrogens is 1680 g/mol. The highest BCUT2D eigenvalue weighted by molar-refractivity contribution is 6.22. The topological polar surface area (TPSA) is 26.3 Å². The molecule has 0 fully saturated rings. The van der Waals surface area contributed by atoms with Crippen molar-refractivity contribution in [2.45, 2.75) is 214 Å². The molecule has 2 aromatic heterocycles. The number of fused-ring (bicyclic) bond motifs is 25. The Labute approximate surface area is 820 Å². The summed E-state index contributed by atoms with van der Waals surface area (Å²) in [5.41, 5.74) is 55.2. The van der Waals surface area contributed by atoms with Gasteiger partial charge in [0.2, 0.25) is 0 Å². The third-order valence-corrected chi connectivity index (χ3v) is 34.5. The molecule has 0 aliphatic heterocycles. The summed E-state index contributed by atoms with van der Waals surface area (Å²) in [6.07, 6.45) is 17.3. The highest BCUT2D eigenvalue weighted by Crippen LogP contribution is 2.66. The lowest BCUT2D eigenvalue weighted by Gasteiger charge is -2.34. The zero-order valence-corrected chi connectivity index (χ0v) is 83.2. The fourth-order valence-corrected chi connectivity index (χ4v) is 27.0. The molecule has 0 bridgehead atoms. The van der Waals surface area contributed by atoms with Gasteiger partial charge in [-0.2, -0.15) is 0 Å². The van der Waals surface area contributed by atoms with Crippen molar-refractivity contribution in [1.82, 2.24) is 0 Å². The molecule has 25 rings (SSSR count). The van der Waals surface area contributed by atoms with E-state index in [9.17, 15) is 0 Å². The Bertz CT molecular complexity index is 8050. The molecule has 0 amide bonds. The third-order valence-electron chi connectivity index (χ3n) is 34.5. The van der Waals surface area contributed by atoms with E-state index in [1.165, 1.54) is 299 Å². The highest BCUT2D eigenvalue weighted by atomic mass is 16.3. The second-order valence-electron chi connectivity index (χ2n) is 43.9. The molecule has 0 radical (unpaired) electrons. The molecule has 0 atom stereocenters. The molecule has 18 aromatic carbocycles. The summed E-state index contributed by atoms with van der Waals surface area (Å²) in [6, 6.07) is 122. The molecule has 0 N–H and O–H groups in total. The summed E-state index contributed by atoms with van der Waals surface area (Å²) in [6.45, 7) is 33.5. The number of benzene rings is 18. The lowest BCUT2D eigenvalue weighted by Crippen LogP contribution is -2.26. The van der Waals surface area contributed by atoms with E-state index in [-0.39, 0.29) is 27.1 Å². The first-order valence-corrected chi connectivity index (χ1v) is 51.9. The Morgan fingerprint density at radius 3 is 0.906 bits per heavy atom. The van der Waals surface area contributed by atoms with E-state index in [0.717, 1.165) is 67.8 Å². The minimum Gasteiger partial charge on any atom is -0.455 e. The molecule has 2 heteroatoms. The van der Waals surface area contributed by atoms with Crippen LogP contribution in [0, 0.1) is 27.7 Å². The van der Waals surface area contributed by atoms with Crippen LogP contribution in [0.15, 0.2) is 324 Å². The van der Waals surface area contributed by atoms with Crippen LogP contribution in [0.3, 0.4) is 0 Å². The second-order valence-corrected chi connectivity index (χ2v) is 43.9. The van der Waals surface area contributed by atoms with Gasteiger partial charge in [-0.25, -0.2) is 0 Å². The van der Waals surface area contributed by atoms with E-state index in [4.69, 9.17) is 8.83 Å². The van der Waals surface area contributed by atoms with Crippen LogP contribution in [0.2, 0.25) is 0 Å². The van der Waals surface area contributed by atoms with Crippen LogP contribution in [0.4, 0.5) is 0 Å². The van der Waals surface area contributed by atoms with Crippen LogP contribution in [-0.4, -0.2) is 0 Å². The minimum absolute atomic E-state index is 0.0567. The smallest absolute Gasteiger partial charge is 0.143 e. The van der Waals surface area contributed by atoms with E-state index >= 15 is 0 Å². The third kappa shape index (κ3) is 13.2. The number of hydrogen-bond acceptors (Lipinski definition) is 2. The Morgan fingerprint density at radius 2 is 0.489 bits per heavy atom. The first-order chi connectivity index (χ1) is 67.5. The van der Waals surface area contributed by atoms with Crippen LogP contribution in [0.5, 0.6) is 0 Å². The number of unbranched alkanes of at least 4 members (excludes halogenated alkanes) is 10. The van der Waals surface area contributed by atoms with Gasteiger partial charge in [0, 0.05) is 59.7 Å². The summed E-state index contributed by atoms with van der Waals surface area (Å²) >= 11 is 0. The molecule has 139 heavy (non-hydrogen) atoms. The number of para-hydroxylation sites is 2. The fourth-order valence-electron chi connectivity index (χ4n) is 27.0. The average molecular weight is 1800 g/mol. The first-order valence-electron chi connectivity index (χ1n) is 51.9. The quantitative estimate of drug-likeness (QED) is 0.0632. The van der Waals surface area contributed by atoms with Gasteiger partial charge in [0.25, 0.3) is 0 Å². The molecule has 20 aromatic rings. The van der Waals surface area contributed by atoms with Gasteiger partial charge >= 0.3 is 0 Å². The normalized spacial score (nSPS) is 14.8. The zero-order valence-electron chi connectivity index (χ0n) is 83.2. The van der Waals surface area contributed by atoms with Crippen LogP contribution in [0.1, 0.15) is 237 Å². The largest absolute Gasteiger partial charge is 0.455 e. The SMILES string of the molecule is CCCCCCCCC1(CCCCCCCC)c2cc3c(cc2-c2cc4c(cc21)-c1c(cc(-c2ccc(-c5cc(C)c(-c6ccc(-c7ccc8c(c7)C(C)(C)c7ccccc7-8)cc6)cc5C)c5c2oc2ccccc25)c2ccccc12)C4(C)C)C(C)(C)c1cc(-c2ccc(-c4cc(C)c(-c5ccc(-c6ccc7c(c6)C(C)(C)c6ccccc6-7)cc5)cc4C)c4c2oc2ccccc24)c2ccccc2c1-3. The molecule has 0 spiro atoms. The van der Waals surface area contributed by atoms with Crippen LogP contribution in [0.25, 0.3) is 210 Å². The van der Waals surface area contributed by atoms with E-state index in [1.54, 1.807) is 11.1 Å². The van der Waals surface area contributed by atoms with Crippen molar-refractivity contribution in [2.75, 3.05) is 0 Å². The van der Waals surface area contributed by atoms with Gasteiger partial charge < -0.3 is 8.83 Å². The minimum atomic E-state index is -0.365. The predicted molar refractivity (Wildman–Crippen MR) is 591 cm³/mol. The van der Waals surface area contributed by atoms with Crippen LogP contribution < -0.4 is 0 Å².